The highest BCUT2D eigenvalue weighted by molar-refractivity contribution is 7.09. The first kappa shape index (κ1) is 19.9. The van der Waals surface area contributed by atoms with E-state index in [2.05, 4.69) is 20.6 Å². The Morgan fingerprint density at radius 3 is 2.75 bits per heavy atom. The van der Waals surface area contributed by atoms with Crippen LogP contribution in [0, 0.1) is 6.92 Å². The molecule has 28 heavy (non-hydrogen) atoms. The zero-order valence-electron chi connectivity index (χ0n) is 16.5. The van der Waals surface area contributed by atoms with E-state index in [1.54, 1.807) is 24.7 Å². The topological polar surface area (TPSA) is 62.9 Å². The van der Waals surface area contributed by atoms with Gasteiger partial charge in [0, 0.05) is 25.4 Å². The number of nitrogens with one attached hydrogen (secondary N) is 1. The summed E-state index contributed by atoms with van der Waals surface area (Å²) >= 11 is 1.67. The summed E-state index contributed by atoms with van der Waals surface area (Å²) in [6, 6.07) is 11.9. The molecule has 0 unspecified atom stereocenters. The van der Waals surface area contributed by atoms with Gasteiger partial charge in [-0.1, -0.05) is 12.1 Å². The van der Waals surface area contributed by atoms with Crippen molar-refractivity contribution in [1.82, 2.24) is 15.2 Å². The lowest BCUT2D eigenvalue weighted by Gasteiger charge is -2.21. The second-order valence-corrected chi connectivity index (χ2v) is 7.52. The van der Waals surface area contributed by atoms with E-state index in [1.807, 2.05) is 50.4 Å². The van der Waals surface area contributed by atoms with Crippen molar-refractivity contribution >= 4 is 17.3 Å². The summed E-state index contributed by atoms with van der Waals surface area (Å²) in [5.41, 5.74) is 2.18. The van der Waals surface area contributed by atoms with Crippen LogP contribution in [0.15, 0.2) is 57.5 Å². The Bertz CT molecular complexity index is 872. The maximum atomic E-state index is 5.41. The van der Waals surface area contributed by atoms with Gasteiger partial charge in [-0.05, 0) is 36.8 Å². The first-order valence-corrected chi connectivity index (χ1v) is 10.1. The van der Waals surface area contributed by atoms with Crippen molar-refractivity contribution in [3.8, 4) is 5.75 Å². The van der Waals surface area contributed by atoms with Crippen LogP contribution < -0.4 is 10.1 Å². The maximum Gasteiger partial charge on any atom is 0.194 e. The number of thiazole rings is 1. The highest BCUT2D eigenvalue weighted by Crippen LogP contribution is 2.13. The first-order chi connectivity index (χ1) is 13.6. The normalized spacial score (nSPS) is 11.5. The van der Waals surface area contributed by atoms with Crippen LogP contribution in [0.3, 0.4) is 0 Å². The van der Waals surface area contributed by atoms with Crippen molar-refractivity contribution in [2.24, 2.45) is 4.99 Å². The van der Waals surface area contributed by atoms with Crippen molar-refractivity contribution < 1.29 is 9.15 Å². The zero-order chi connectivity index (χ0) is 19.8. The lowest BCUT2D eigenvalue weighted by atomic mass is 10.2. The molecule has 0 aliphatic carbocycles. The van der Waals surface area contributed by atoms with Gasteiger partial charge >= 0.3 is 0 Å². The van der Waals surface area contributed by atoms with Gasteiger partial charge in [-0.25, -0.2) is 9.98 Å². The number of rotatable bonds is 8. The standard InChI is InChI=1S/C21H26N4O2S/c1-16-24-18(15-28-16)14-25(2)21(22-11-10-20-5-4-12-27-20)23-13-17-6-8-19(26-3)9-7-17/h4-9,12,15H,10-11,13-14H2,1-3H3,(H,22,23). The lowest BCUT2D eigenvalue weighted by molar-refractivity contribution is 0.414. The minimum absolute atomic E-state index is 0.591. The third-order valence-corrected chi connectivity index (χ3v) is 5.05. The molecule has 0 amide bonds. The molecular weight excluding hydrogens is 372 g/mol. The van der Waals surface area contributed by atoms with E-state index in [-0.39, 0.29) is 0 Å². The molecule has 3 aromatic rings. The molecule has 1 N–H and O–H groups in total. The number of methoxy groups -OCH3 is 1. The lowest BCUT2D eigenvalue weighted by Crippen LogP contribution is -2.39. The van der Waals surface area contributed by atoms with Crippen LogP contribution in [0.25, 0.3) is 0 Å². The third-order valence-electron chi connectivity index (χ3n) is 4.23. The summed E-state index contributed by atoms with van der Waals surface area (Å²) in [7, 11) is 3.70. The zero-order valence-corrected chi connectivity index (χ0v) is 17.3. The number of ether oxygens (including phenoxy) is 1. The quantitative estimate of drug-likeness (QED) is 0.461. The molecule has 0 radical (unpaired) electrons. The van der Waals surface area contributed by atoms with Crippen molar-refractivity contribution in [3.63, 3.8) is 0 Å². The van der Waals surface area contributed by atoms with Gasteiger partial charge in [0.15, 0.2) is 5.96 Å². The number of benzene rings is 1. The van der Waals surface area contributed by atoms with E-state index in [9.17, 15) is 0 Å². The number of hydrogen-bond acceptors (Lipinski definition) is 5. The van der Waals surface area contributed by atoms with Crippen LogP contribution in [0.5, 0.6) is 5.75 Å². The Labute approximate surface area is 169 Å². The Hall–Kier alpha value is -2.80. The monoisotopic (exact) mass is 398 g/mol. The van der Waals surface area contributed by atoms with E-state index in [0.29, 0.717) is 13.1 Å². The highest BCUT2D eigenvalue weighted by atomic mass is 32.1. The molecule has 0 saturated carbocycles. The number of aliphatic imine (C=N–C) groups is 1. The molecule has 0 fully saturated rings. The summed E-state index contributed by atoms with van der Waals surface area (Å²) in [6.07, 6.45) is 2.50. The predicted octanol–water partition coefficient (Wildman–Crippen LogP) is 3.87. The summed E-state index contributed by atoms with van der Waals surface area (Å²) in [5.74, 6) is 2.65. The van der Waals surface area contributed by atoms with Crippen molar-refractivity contribution in [3.05, 3.63) is 70.1 Å². The molecule has 0 bridgehead atoms. The molecule has 1 aromatic carbocycles. The Morgan fingerprint density at radius 1 is 1.29 bits per heavy atom. The largest absolute Gasteiger partial charge is 0.497 e. The summed E-state index contributed by atoms with van der Waals surface area (Å²) in [4.78, 5) is 11.5. The first-order valence-electron chi connectivity index (χ1n) is 9.20. The minimum atomic E-state index is 0.591. The van der Waals surface area contributed by atoms with Crippen molar-refractivity contribution in [1.29, 1.82) is 0 Å². The Balaban J connectivity index is 1.65. The predicted molar refractivity (Wildman–Crippen MR) is 113 cm³/mol. The Kier molecular flexibility index (Phi) is 7.08. The van der Waals surface area contributed by atoms with Crippen LogP contribution in [-0.2, 0) is 19.5 Å². The average molecular weight is 399 g/mol. The summed E-state index contributed by atoms with van der Waals surface area (Å²) in [5, 5.41) is 6.61. The third kappa shape index (κ3) is 5.85. The number of nitrogens with zero attached hydrogens (tertiary/aromatic N) is 3. The van der Waals surface area contributed by atoms with Crippen LogP contribution in [-0.4, -0.2) is 36.5 Å². The van der Waals surface area contributed by atoms with E-state index >= 15 is 0 Å². The van der Waals surface area contributed by atoms with Crippen molar-refractivity contribution in [2.45, 2.75) is 26.4 Å². The van der Waals surface area contributed by atoms with E-state index in [4.69, 9.17) is 14.1 Å². The average Bonchev–Trinajstić information content (AvgIpc) is 3.36. The maximum absolute atomic E-state index is 5.41. The van der Waals surface area contributed by atoms with Gasteiger partial charge < -0.3 is 19.4 Å². The van der Waals surface area contributed by atoms with Crippen LogP contribution in [0.4, 0.5) is 0 Å². The molecule has 0 aliphatic rings. The molecule has 0 aliphatic heterocycles. The van der Waals surface area contributed by atoms with Gasteiger partial charge in [-0.2, -0.15) is 0 Å². The summed E-state index contributed by atoms with van der Waals surface area (Å²) < 4.78 is 10.6. The Morgan fingerprint density at radius 2 is 2.11 bits per heavy atom. The number of hydrogen-bond donors (Lipinski definition) is 1. The fourth-order valence-electron chi connectivity index (χ4n) is 2.76. The number of aryl methyl sites for hydroxylation is 1. The molecule has 2 heterocycles. The molecule has 2 aromatic heterocycles. The van der Waals surface area contributed by atoms with E-state index < -0.39 is 0 Å². The molecule has 0 spiro atoms. The van der Waals surface area contributed by atoms with Crippen LogP contribution in [0.2, 0.25) is 0 Å². The highest BCUT2D eigenvalue weighted by Gasteiger charge is 2.10. The summed E-state index contributed by atoms with van der Waals surface area (Å²) in [6.45, 7) is 4.07. The van der Waals surface area contributed by atoms with Gasteiger partial charge in [0.25, 0.3) is 0 Å². The molecule has 0 saturated heterocycles. The van der Waals surface area contributed by atoms with Crippen LogP contribution in [0.1, 0.15) is 22.0 Å². The second-order valence-electron chi connectivity index (χ2n) is 6.46. The molecular formula is C21H26N4O2S. The van der Waals surface area contributed by atoms with Gasteiger partial charge in [0.05, 0.1) is 37.2 Å². The number of guanidine groups is 1. The number of aromatic nitrogens is 1. The fraction of sp³-hybridized carbons (Fsp3) is 0.333. The number of furan rings is 1. The fourth-order valence-corrected chi connectivity index (χ4v) is 3.36. The molecule has 3 rings (SSSR count). The van der Waals surface area contributed by atoms with E-state index in [0.717, 1.165) is 46.7 Å². The van der Waals surface area contributed by atoms with Gasteiger partial charge in [-0.15, -0.1) is 11.3 Å². The van der Waals surface area contributed by atoms with Gasteiger partial charge in [-0.3, -0.25) is 0 Å². The van der Waals surface area contributed by atoms with Crippen LogP contribution >= 0.6 is 11.3 Å². The SMILES string of the molecule is COc1ccc(CN=C(NCCc2ccco2)N(C)Cc2csc(C)n2)cc1. The van der Waals surface area contributed by atoms with Gasteiger partial charge in [0.2, 0.25) is 0 Å². The molecule has 6 nitrogen and oxygen atoms in total. The molecule has 0 atom stereocenters. The van der Waals surface area contributed by atoms with Gasteiger partial charge in [0.1, 0.15) is 11.5 Å². The minimum Gasteiger partial charge on any atom is -0.497 e. The van der Waals surface area contributed by atoms with Crippen molar-refractivity contribution in [2.75, 3.05) is 20.7 Å². The molecule has 148 valence electrons. The second kappa shape index (κ2) is 9.94. The van der Waals surface area contributed by atoms with E-state index in [1.165, 1.54) is 0 Å². The smallest absolute Gasteiger partial charge is 0.194 e. The molecule has 7 heteroatoms.